The predicted octanol–water partition coefficient (Wildman–Crippen LogP) is 3.97. The number of aromatic amines is 1. The van der Waals surface area contributed by atoms with E-state index in [1.807, 2.05) is 33.9 Å². The van der Waals surface area contributed by atoms with E-state index in [9.17, 15) is 4.79 Å². The predicted molar refractivity (Wildman–Crippen MR) is 123 cm³/mol. The number of thiophene rings is 1. The quantitative estimate of drug-likeness (QED) is 0.414. The van der Waals surface area contributed by atoms with Gasteiger partial charge in [-0.05, 0) is 37.0 Å². The van der Waals surface area contributed by atoms with Crippen molar-refractivity contribution in [1.29, 1.82) is 0 Å². The first-order chi connectivity index (χ1) is 14.6. The second kappa shape index (κ2) is 11.7. The molecule has 0 aromatic carbocycles. The zero-order valence-electron chi connectivity index (χ0n) is 18.0. The number of morpholine rings is 1. The molecule has 1 unspecified atom stereocenters. The van der Waals surface area contributed by atoms with E-state index in [0.717, 1.165) is 69.5 Å². The van der Waals surface area contributed by atoms with Gasteiger partial charge in [-0.25, -0.2) is 0 Å². The fourth-order valence-electron chi connectivity index (χ4n) is 3.77. The number of hydrogen-bond acceptors (Lipinski definition) is 6. The molecule has 2 aromatic heterocycles. The third kappa shape index (κ3) is 6.00. The zero-order valence-corrected chi connectivity index (χ0v) is 19.6. The van der Waals surface area contributed by atoms with Crippen LogP contribution in [0.15, 0.2) is 17.5 Å². The molecule has 0 aliphatic carbocycles. The van der Waals surface area contributed by atoms with Crippen molar-refractivity contribution in [3.63, 3.8) is 0 Å². The van der Waals surface area contributed by atoms with Crippen molar-refractivity contribution in [3.05, 3.63) is 22.3 Å². The van der Waals surface area contributed by atoms with Gasteiger partial charge in [0.05, 0.1) is 18.1 Å². The fraction of sp³-hybridized carbons (Fsp3) is 0.667. The Bertz CT molecular complexity index is 827. The average Bonchev–Trinajstić information content (AvgIpc) is 3.42. The van der Waals surface area contributed by atoms with Crippen LogP contribution >= 0.6 is 23.6 Å². The highest BCUT2D eigenvalue weighted by molar-refractivity contribution is 7.71. The van der Waals surface area contributed by atoms with Gasteiger partial charge in [0.15, 0.2) is 10.6 Å². The monoisotopic (exact) mass is 451 g/mol. The molecular weight excluding hydrogens is 418 g/mol. The van der Waals surface area contributed by atoms with Crippen LogP contribution in [0, 0.1) is 4.77 Å². The average molecular weight is 452 g/mol. The third-order valence-electron chi connectivity index (χ3n) is 5.57. The molecule has 1 amide bonds. The van der Waals surface area contributed by atoms with Crippen LogP contribution in [0.3, 0.4) is 0 Å². The summed E-state index contributed by atoms with van der Waals surface area (Å²) in [7, 11) is 0. The molecule has 1 aliphatic rings. The highest BCUT2D eigenvalue weighted by Crippen LogP contribution is 2.26. The number of unbranched alkanes of at least 4 members (excludes halogenated alkanes) is 3. The number of amides is 1. The minimum Gasteiger partial charge on any atom is -0.379 e. The lowest BCUT2D eigenvalue weighted by Crippen LogP contribution is -2.45. The van der Waals surface area contributed by atoms with Crippen molar-refractivity contribution >= 4 is 29.5 Å². The van der Waals surface area contributed by atoms with E-state index < -0.39 is 6.04 Å². The number of nitrogens with one attached hydrogen (secondary N) is 1. The molecule has 3 heterocycles. The second-order valence-electron chi connectivity index (χ2n) is 7.72. The highest BCUT2D eigenvalue weighted by atomic mass is 32.1. The third-order valence-corrected chi connectivity index (χ3v) is 6.73. The summed E-state index contributed by atoms with van der Waals surface area (Å²) in [5.41, 5.74) is 0. The summed E-state index contributed by atoms with van der Waals surface area (Å²) in [4.78, 5) is 18.9. The molecule has 30 heavy (non-hydrogen) atoms. The van der Waals surface area contributed by atoms with Gasteiger partial charge in [-0.2, -0.15) is 5.10 Å². The summed E-state index contributed by atoms with van der Waals surface area (Å²) in [5, 5.41) is 9.27. The first-order valence-electron chi connectivity index (χ1n) is 10.9. The highest BCUT2D eigenvalue weighted by Gasteiger charge is 2.26. The number of aromatic nitrogens is 3. The number of nitrogens with zero attached hydrogens (tertiary/aromatic N) is 4. The van der Waals surface area contributed by atoms with Crippen molar-refractivity contribution in [3.8, 4) is 10.7 Å². The Morgan fingerprint density at radius 2 is 2.13 bits per heavy atom. The lowest BCUT2D eigenvalue weighted by Gasteiger charge is -2.31. The molecular formula is C21H33N5O2S2. The zero-order chi connectivity index (χ0) is 21.3. The fourth-order valence-corrected chi connectivity index (χ4v) is 4.77. The van der Waals surface area contributed by atoms with Crippen molar-refractivity contribution in [2.24, 2.45) is 0 Å². The summed E-state index contributed by atoms with van der Waals surface area (Å²) in [6.07, 6.45) is 4.57. The summed E-state index contributed by atoms with van der Waals surface area (Å²) in [6, 6.07) is 3.59. The Hall–Kier alpha value is -1.55. The molecule has 1 fully saturated rings. The van der Waals surface area contributed by atoms with E-state index in [4.69, 9.17) is 17.0 Å². The summed E-state index contributed by atoms with van der Waals surface area (Å²) < 4.78 is 7.79. The molecule has 0 bridgehead atoms. The van der Waals surface area contributed by atoms with Gasteiger partial charge in [-0.3, -0.25) is 19.4 Å². The van der Waals surface area contributed by atoms with Gasteiger partial charge in [0.2, 0.25) is 5.91 Å². The van der Waals surface area contributed by atoms with E-state index in [0.29, 0.717) is 4.77 Å². The largest absolute Gasteiger partial charge is 0.379 e. The van der Waals surface area contributed by atoms with Crippen molar-refractivity contribution in [1.82, 2.24) is 24.6 Å². The number of hydrogen-bond donors (Lipinski definition) is 1. The van der Waals surface area contributed by atoms with Crippen LogP contribution in [0.25, 0.3) is 10.7 Å². The van der Waals surface area contributed by atoms with Crippen LogP contribution in [-0.4, -0.2) is 76.4 Å². The van der Waals surface area contributed by atoms with Gasteiger partial charge in [-0.15, -0.1) is 11.3 Å². The minimum absolute atomic E-state index is 0.107. The molecule has 166 valence electrons. The van der Waals surface area contributed by atoms with E-state index in [1.165, 1.54) is 12.8 Å². The van der Waals surface area contributed by atoms with Gasteiger partial charge in [0, 0.05) is 32.7 Å². The molecule has 1 atom stereocenters. The van der Waals surface area contributed by atoms with E-state index in [1.54, 1.807) is 11.3 Å². The van der Waals surface area contributed by atoms with Gasteiger partial charge >= 0.3 is 0 Å². The minimum atomic E-state index is -0.399. The maximum absolute atomic E-state index is 13.5. The smallest absolute Gasteiger partial charge is 0.245 e. The normalized spacial score (nSPS) is 15.9. The van der Waals surface area contributed by atoms with Crippen LogP contribution in [0.2, 0.25) is 0 Å². The van der Waals surface area contributed by atoms with Crippen molar-refractivity contribution < 1.29 is 9.53 Å². The van der Waals surface area contributed by atoms with Gasteiger partial charge in [-0.1, -0.05) is 32.3 Å². The molecule has 1 saturated heterocycles. The Morgan fingerprint density at radius 3 is 2.83 bits per heavy atom. The van der Waals surface area contributed by atoms with Crippen molar-refractivity contribution in [2.45, 2.75) is 45.6 Å². The van der Waals surface area contributed by atoms with Crippen LogP contribution in [0.1, 0.15) is 45.6 Å². The Labute approximate surface area is 188 Å². The molecule has 7 nitrogen and oxygen atoms in total. The second-order valence-corrected chi connectivity index (χ2v) is 9.05. The van der Waals surface area contributed by atoms with E-state index in [-0.39, 0.29) is 5.91 Å². The van der Waals surface area contributed by atoms with E-state index >= 15 is 0 Å². The maximum Gasteiger partial charge on any atom is 0.245 e. The molecule has 9 heteroatoms. The van der Waals surface area contributed by atoms with Crippen LogP contribution < -0.4 is 0 Å². The summed E-state index contributed by atoms with van der Waals surface area (Å²) >= 11 is 7.07. The van der Waals surface area contributed by atoms with Gasteiger partial charge in [0.1, 0.15) is 6.04 Å². The topological polar surface area (TPSA) is 66.4 Å². The first kappa shape index (κ1) is 23.1. The number of carbonyl (C=O) groups excluding carboxylic acids is 1. The van der Waals surface area contributed by atoms with Crippen LogP contribution in [0.5, 0.6) is 0 Å². The lowest BCUT2D eigenvalue weighted by atomic mass is 10.2. The molecule has 0 spiro atoms. The molecule has 1 aliphatic heterocycles. The summed E-state index contributed by atoms with van der Waals surface area (Å²) in [6.45, 7) is 9.94. The van der Waals surface area contributed by atoms with Gasteiger partial charge < -0.3 is 9.64 Å². The van der Waals surface area contributed by atoms with Crippen molar-refractivity contribution in [2.75, 3.05) is 45.9 Å². The molecule has 2 aromatic rings. The van der Waals surface area contributed by atoms with E-state index in [2.05, 4.69) is 22.0 Å². The number of carbonyl (C=O) groups is 1. The molecule has 0 saturated carbocycles. The SMILES string of the molecule is CCCCCCN(CCN1CCOCC1)C(=O)C(C)n1c(-c2cccs2)n[nH]c1=S. The standard InChI is InChI=1S/C21H33N5O2S2/c1-3-4-5-6-9-25(11-10-24-12-14-28-15-13-24)20(27)17(2)26-19(22-23-21(26)29)18-8-7-16-30-18/h7-8,16-17H,3-6,9-15H2,1-2H3,(H,23,29). The number of rotatable bonds is 11. The first-order valence-corrected chi connectivity index (χ1v) is 12.2. The Kier molecular flexibility index (Phi) is 9.05. The Morgan fingerprint density at radius 1 is 1.33 bits per heavy atom. The maximum atomic E-state index is 13.5. The summed E-state index contributed by atoms with van der Waals surface area (Å²) in [5.74, 6) is 0.838. The Balaban J connectivity index is 1.72. The van der Waals surface area contributed by atoms with Crippen LogP contribution in [0.4, 0.5) is 0 Å². The van der Waals surface area contributed by atoms with Gasteiger partial charge in [0.25, 0.3) is 0 Å². The molecule has 3 rings (SSSR count). The number of ether oxygens (including phenoxy) is 1. The molecule has 0 radical (unpaired) electrons. The molecule has 1 N–H and O–H groups in total. The lowest BCUT2D eigenvalue weighted by molar-refractivity contribution is -0.134. The number of H-pyrrole nitrogens is 1. The van der Waals surface area contributed by atoms with Crippen LogP contribution in [-0.2, 0) is 9.53 Å².